The van der Waals surface area contributed by atoms with Crippen LogP contribution in [-0.2, 0) is 6.42 Å². The summed E-state index contributed by atoms with van der Waals surface area (Å²) in [6.07, 6.45) is 3.59. The molecule has 16 heavy (non-hydrogen) atoms. The molecule has 1 atom stereocenters. The van der Waals surface area contributed by atoms with Crippen molar-refractivity contribution in [3.63, 3.8) is 0 Å². The van der Waals surface area contributed by atoms with Crippen LogP contribution in [0, 0.1) is 5.92 Å². The summed E-state index contributed by atoms with van der Waals surface area (Å²) < 4.78 is 0. The van der Waals surface area contributed by atoms with E-state index in [1.807, 2.05) is 6.07 Å². The van der Waals surface area contributed by atoms with Crippen molar-refractivity contribution in [2.24, 2.45) is 5.92 Å². The molecule has 1 unspecified atom stereocenters. The Hall–Kier alpha value is -0.250. The van der Waals surface area contributed by atoms with E-state index in [0.29, 0.717) is 17.4 Å². The van der Waals surface area contributed by atoms with Crippen molar-refractivity contribution in [3.8, 4) is 0 Å². The summed E-state index contributed by atoms with van der Waals surface area (Å²) in [7, 11) is 0. The number of thioether (sulfide) groups is 1. The molecule has 4 heteroatoms. The maximum atomic E-state index is 9.84. The number of aliphatic hydroxyl groups excluding tert-OH is 1. The van der Waals surface area contributed by atoms with Crippen molar-refractivity contribution in [3.05, 3.63) is 29.0 Å². The molecule has 1 heterocycles. The van der Waals surface area contributed by atoms with Crippen LogP contribution in [0.4, 0.5) is 0 Å². The molecule has 0 spiro atoms. The molecule has 2 nitrogen and oxygen atoms in total. The predicted octanol–water partition coefficient (Wildman–Crippen LogP) is 3.03. The van der Waals surface area contributed by atoms with Gasteiger partial charge < -0.3 is 5.11 Å². The van der Waals surface area contributed by atoms with Crippen LogP contribution in [0.25, 0.3) is 0 Å². The number of nitrogens with zero attached hydrogens (tertiary/aromatic N) is 1. The van der Waals surface area contributed by atoms with E-state index < -0.39 is 0 Å². The van der Waals surface area contributed by atoms with Gasteiger partial charge in [-0.1, -0.05) is 25.4 Å². The number of rotatable bonds is 6. The van der Waals surface area contributed by atoms with Crippen molar-refractivity contribution in [2.75, 3.05) is 11.5 Å². The zero-order valence-electron chi connectivity index (χ0n) is 9.69. The number of hydrogen-bond donors (Lipinski definition) is 1. The molecule has 0 radical (unpaired) electrons. The van der Waals surface area contributed by atoms with E-state index in [1.54, 1.807) is 24.2 Å². The van der Waals surface area contributed by atoms with Gasteiger partial charge in [-0.25, -0.2) is 0 Å². The summed E-state index contributed by atoms with van der Waals surface area (Å²) in [5, 5.41) is 10.5. The van der Waals surface area contributed by atoms with Crippen LogP contribution in [-0.4, -0.2) is 27.7 Å². The van der Waals surface area contributed by atoms with Crippen LogP contribution in [0.3, 0.4) is 0 Å². The number of aromatic nitrogens is 1. The van der Waals surface area contributed by atoms with Gasteiger partial charge >= 0.3 is 0 Å². The molecule has 0 aliphatic heterocycles. The van der Waals surface area contributed by atoms with Crippen molar-refractivity contribution in [1.29, 1.82) is 0 Å². The second-order valence-electron chi connectivity index (χ2n) is 4.26. The van der Waals surface area contributed by atoms with Crippen LogP contribution >= 0.6 is 23.4 Å². The van der Waals surface area contributed by atoms with E-state index in [9.17, 15) is 5.11 Å². The molecular weight excluding hydrogens is 242 g/mol. The van der Waals surface area contributed by atoms with Crippen LogP contribution in [0.5, 0.6) is 0 Å². The average Bonchev–Trinajstić information content (AvgIpc) is 2.21. The summed E-state index contributed by atoms with van der Waals surface area (Å²) in [5.41, 5.74) is 0.967. The van der Waals surface area contributed by atoms with Gasteiger partial charge in [0.15, 0.2) is 0 Å². The van der Waals surface area contributed by atoms with Gasteiger partial charge in [0, 0.05) is 24.6 Å². The molecule has 0 aliphatic carbocycles. The maximum Gasteiger partial charge on any atom is 0.0671 e. The van der Waals surface area contributed by atoms with Crippen molar-refractivity contribution in [1.82, 2.24) is 4.98 Å². The fourth-order valence-corrected chi connectivity index (χ4v) is 2.52. The van der Waals surface area contributed by atoms with Gasteiger partial charge in [0.25, 0.3) is 0 Å². The smallest absolute Gasteiger partial charge is 0.0671 e. The van der Waals surface area contributed by atoms with Crippen molar-refractivity contribution < 1.29 is 5.11 Å². The number of halogens is 1. The Morgan fingerprint density at radius 1 is 1.44 bits per heavy atom. The second-order valence-corrected chi connectivity index (χ2v) is 5.74. The Bertz CT molecular complexity index is 320. The molecule has 0 fully saturated rings. The van der Waals surface area contributed by atoms with Gasteiger partial charge in [0.1, 0.15) is 0 Å². The van der Waals surface area contributed by atoms with Gasteiger partial charge in [-0.15, -0.1) is 0 Å². The van der Waals surface area contributed by atoms with Gasteiger partial charge in [-0.05, 0) is 23.3 Å². The Labute approximate surface area is 106 Å². The molecule has 1 aromatic heterocycles. The van der Waals surface area contributed by atoms with Crippen LogP contribution in [0.15, 0.2) is 18.5 Å². The summed E-state index contributed by atoms with van der Waals surface area (Å²) in [4.78, 5) is 3.92. The lowest BCUT2D eigenvalue weighted by Gasteiger charge is -2.12. The Morgan fingerprint density at radius 3 is 2.81 bits per heavy atom. The first-order valence-electron chi connectivity index (χ1n) is 5.43. The van der Waals surface area contributed by atoms with E-state index in [4.69, 9.17) is 11.6 Å². The first-order chi connectivity index (χ1) is 7.59. The number of aliphatic hydroxyl groups is 1. The van der Waals surface area contributed by atoms with Gasteiger partial charge in [-0.2, -0.15) is 11.8 Å². The van der Waals surface area contributed by atoms with Gasteiger partial charge in [0.2, 0.25) is 0 Å². The lowest BCUT2D eigenvalue weighted by molar-refractivity contribution is 0.200. The summed E-state index contributed by atoms with van der Waals surface area (Å²) in [6.45, 7) is 4.36. The highest BCUT2D eigenvalue weighted by molar-refractivity contribution is 7.99. The van der Waals surface area contributed by atoms with Gasteiger partial charge in [0.05, 0.1) is 11.1 Å². The van der Waals surface area contributed by atoms with E-state index >= 15 is 0 Å². The fourth-order valence-electron chi connectivity index (χ4n) is 1.32. The standard InChI is InChI=1S/C12H18ClNOS/c1-9(2)7-16-8-11(15)5-10-3-4-14-6-12(10)13/h3-4,6,9,11,15H,5,7-8H2,1-2H3. The first kappa shape index (κ1) is 13.8. The Balaban J connectivity index is 2.34. The molecule has 0 bridgehead atoms. The van der Waals surface area contributed by atoms with E-state index in [0.717, 1.165) is 17.1 Å². The summed E-state index contributed by atoms with van der Waals surface area (Å²) >= 11 is 7.76. The molecule has 0 saturated heterocycles. The monoisotopic (exact) mass is 259 g/mol. The first-order valence-corrected chi connectivity index (χ1v) is 6.97. The average molecular weight is 260 g/mol. The molecular formula is C12H18ClNOS. The van der Waals surface area contributed by atoms with Crippen LogP contribution in [0.1, 0.15) is 19.4 Å². The molecule has 0 aromatic carbocycles. The Morgan fingerprint density at radius 2 is 2.19 bits per heavy atom. The second kappa shape index (κ2) is 7.15. The van der Waals surface area contributed by atoms with E-state index in [1.165, 1.54) is 0 Å². The van der Waals surface area contributed by atoms with Crippen molar-refractivity contribution >= 4 is 23.4 Å². The molecule has 1 N–H and O–H groups in total. The number of pyridine rings is 1. The predicted molar refractivity (Wildman–Crippen MR) is 71.1 cm³/mol. The SMILES string of the molecule is CC(C)CSCC(O)Cc1ccncc1Cl. The summed E-state index contributed by atoms with van der Waals surface area (Å²) in [6, 6.07) is 1.86. The Kier molecular flexibility index (Phi) is 6.17. The fraction of sp³-hybridized carbons (Fsp3) is 0.583. The highest BCUT2D eigenvalue weighted by Crippen LogP contribution is 2.17. The third-order valence-corrected chi connectivity index (χ3v) is 3.94. The van der Waals surface area contributed by atoms with E-state index in [-0.39, 0.29) is 6.10 Å². The maximum absolute atomic E-state index is 9.84. The van der Waals surface area contributed by atoms with E-state index in [2.05, 4.69) is 18.8 Å². The van der Waals surface area contributed by atoms with Crippen LogP contribution < -0.4 is 0 Å². The largest absolute Gasteiger partial charge is 0.392 e. The molecule has 0 amide bonds. The van der Waals surface area contributed by atoms with Crippen LogP contribution in [0.2, 0.25) is 5.02 Å². The lowest BCUT2D eigenvalue weighted by Crippen LogP contribution is -2.14. The molecule has 90 valence electrons. The third-order valence-electron chi connectivity index (χ3n) is 2.07. The van der Waals surface area contributed by atoms with Crippen molar-refractivity contribution in [2.45, 2.75) is 26.4 Å². The quantitative estimate of drug-likeness (QED) is 0.853. The molecule has 0 saturated carbocycles. The third kappa shape index (κ3) is 5.19. The van der Waals surface area contributed by atoms with Gasteiger partial charge in [-0.3, -0.25) is 4.98 Å². The summed E-state index contributed by atoms with van der Waals surface area (Å²) in [5.74, 6) is 2.51. The lowest BCUT2D eigenvalue weighted by atomic mass is 10.1. The number of hydrogen-bond acceptors (Lipinski definition) is 3. The molecule has 0 aliphatic rings. The topological polar surface area (TPSA) is 33.1 Å². The zero-order chi connectivity index (χ0) is 12.0. The normalized spacial score (nSPS) is 13.1. The minimum Gasteiger partial charge on any atom is -0.392 e. The highest BCUT2D eigenvalue weighted by Gasteiger charge is 2.08. The highest BCUT2D eigenvalue weighted by atomic mass is 35.5. The minimum atomic E-state index is -0.330. The molecule has 1 rings (SSSR count). The zero-order valence-corrected chi connectivity index (χ0v) is 11.3. The molecule has 1 aromatic rings. The minimum absolute atomic E-state index is 0.330.